The standard InChI is InChI=1S/C24H24N4O4/c1-16-7-2-3-9-18(16)23-25-21(32-26-23)13-17-8-6-12-27(14-17)22(29)15-28-19-10-4-5-11-20(19)31-24(28)30/h2-5,7,9-11,17H,6,8,12-15H2,1H3. The summed E-state index contributed by atoms with van der Waals surface area (Å²) in [7, 11) is 0. The monoisotopic (exact) mass is 432 g/mol. The molecule has 1 fully saturated rings. The van der Waals surface area contributed by atoms with Crippen molar-refractivity contribution in [1.82, 2.24) is 19.6 Å². The summed E-state index contributed by atoms with van der Waals surface area (Å²) in [5.74, 6) is 0.806. The largest absolute Gasteiger partial charge is 0.420 e. The van der Waals surface area contributed by atoms with Gasteiger partial charge in [-0.25, -0.2) is 4.79 Å². The lowest BCUT2D eigenvalue weighted by Gasteiger charge is -2.32. The summed E-state index contributed by atoms with van der Waals surface area (Å²) in [6.07, 6.45) is 2.51. The van der Waals surface area contributed by atoms with Gasteiger partial charge in [-0.3, -0.25) is 9.36 Å². The van der Waals surface area contributed by atoms with Crippen LogP contribution in [0.15, 0.2) is 62.3 Å². The Labute approximate surface area is 184 Å². The maximum absolute atomic E-state index is 13.0. The number of nitrogens with zero attached hydrogens (tertiary/aromatic N) is 4. The first-order chi connectivity index (χ1) is 15.6. The van der Waals surface area contributed by atoms with Crippen LogP contribution in [-0.2, 0) is 17.8 Å². The molecule has 0 saturated carbocycles. The summed E-state index contributed by atoms with van der Waals surface area (Å²) in [5.41, 5.74) is 3.17. The lowest BCUT2D eigenvalue weighted by Crippen LogP contribution is -2.42. The summed E-state index contributed by atoms with van der Waals surface area (Å²) < 4.78 is 12.1. The molecule has 0 aliphatic carbocycles. The highest BCUT2D eigenvalue weighted by Crippen LogP contribution is 2.24. The van der Waals surface area contributed by atoms with Gasteiger partial charge in [0.1, 0.15) is 6.54 Å². The zero-order valence-electron chi connectivity index (χ0n) is 17.9. The average molecular weight is 432 g/mol. The molecule has 8 nitrogen and oxygen atoms in total. The van der Waals surface area contributed by atoms with E-state index in [-0.39, 0.29) is 18.4 Å². The predicted octanol–water partition coefficient (Wildman–Crippen LogP) is 3.43. The van der Waals surface area contributed by atoms with E-state index in [1.54, 1.807) is 18.2 Å². The Kier molecular flexibility index (Phi) is 5.34. The van der Waals surface area contributed by atoms with E-state index in [2.05, 4.69) is 10.1 Å². The highest BCUT2D eigenvalue weighted by Gasteiger charge is 2.26. The van der Waals surface area contributed by atoms with Crippen LogP contribution in [0, 0.1) is 12.8 Å². The zero-order chi connectivity index (χ0) is 22.1. The number of hydrogen-bond donors (Lipinski definition) is 0. The van der Waals surface area contributed by atoms with E-state index >= 15 is 0 Å². The minimum absolute atomic E-state index is 0.0272. The number of hydrogen-bond acceptors (Lipinski definition) is 6. The molecular formula is C24H24N4O4. The van der Waals surface area contributed by atoms with E-state index in [0.717, 1.165) is 24.0 Å². The predicted molar refractivity (Wildman–Crippen MR) is 118 cm³/mol. The number of oxazole rings is 1. The molecule has 5 rings (SSSR count). The highest BCUT2D eigenvalue weighted by molar-refractivity contribution is 5.79. The highest BCUT2D eigenvalue weighted by atomic mass is 16.5. The van der Waals surface area contributed by atoms with Crippen molar-refractivity contribution in [2.75, 3.05) is 13.1 Å². The second-order valence-corrected chi connectivity index (χ2v) is 8.30. The zero-order valence-corrected chi connectivity index (χ0v) is 17.9. The molecule has 1 amide bonds. The Morgan fingerprint density at radius 3 is 2.84 bits per heavy atom. The molecule has 1 saturated heterocycles. The second-order valence-electron chi connectivity index (χ2n) is 8.30. The number of likely N-dealkylation sites (tertiary alicyclic amines) is 1. The molecule has 0 bridgehead atoms. The number of aromatic nitrogens is 3. The maximum atomic E-state index is 13.0. The molecule has 2 aromatic heterocycles. The van der Waals surface area contributed by atoms with Gasteiger partial charge in [0.25, 0.3) is 0 Å². The lowest BCUT2D eigenvalue weighted by molar-refractivity contribution is -0.133. The molecule has 2 aromatic carbocycles. The van der Waals surface area contributed by atoms with E-state index in [1.807, 2.05) is 42.2 Å². The lowest BCUT2D eigenvalue weighted by atomic mass is 9.94. The van der Waals surface area contributed by atoms with Crippen LogP contribution in [0.4, 0.5) is 0 Å². The Morgan fingerprint density at radius 2 is 1.97 bits per heavy atom. The van der Waals surface area contributed by atoms with Crippen LogP contribution >= 0.6 is 0 Å². The number of para-hydroxylation sites is 2. The smallest absolute Gasteiger partial charge is 0.408 e. The Balaban J connectivity index is 1.26. The molecule has 32 heavy (non-hydrogen) atoms. The number of amides is 1. The van der Waals surface area contributed by atoms with E-state index < -0.39 is 5.76 Å². The van der Waals surface area contributed by atoms with Crippen LogP contribution in [-0.4, -0.2) is 38.6 Å². The third kappa shape index (κ3) is 3.95. The summed E-state index contributed by atoms with van der Waals surface area (Å²) >= 11 is 0. The quantitative estimate of drug-likeness (QED) is 0.480. The molecule has 1 atom stereocenters. The van der Waals surface area contributed by atoms with Gasteiger partial charge in [0.15, 0.2) is 5.58 Å². The Bertz CT molecular complexity index is 1320. The van der Waals surface area contributed by atoms with E-state index in [0.29, 0.717) is 42.3 Å². The Hall–Kier alpha value is -3.68. The fourth-order valence-electron chi connectivity index (χ4n) is 4.38. The van der Waals surface area contributed by atoms with Crippen molar-refractivity contribution in [3.05, 3.63) is 70.5 Å². The third-order valence-electron chi connectivity index (χ3n) is 6.06. The van der Waals surface area contributed by atoms with E-state index in [1.165, 1.54) is 4.57 Å². The van der Waals surface area contributed by atoms with Crippen LogP contribution in [0.3, 0.4) is 0 Å². The van der Waals surface area contributed by atoms with Crippen LogP contribution in [0.25, 0.3) is 22.5 Å². The second kappa shape index (κ2) is 8.45. The van der Waals surface area contributed by atoms with Gasteiger partial charge < -0.3 is 13.8 Å². The number of piperidine rings is 1. The van der Waals surface area contributed by atoms with Crippen molar-refractivity contribution in [1.29, 1.82) is 0 Å². The minimum atomic E-state index is -0.511. The molecule has 3 heterocycles. The van der Waals surface area contributed by atoms with Crippen molar-refractivity contribution in [3.63, 3.8) is 0 Å². The topological polar surface area (TPSA) is 94.4 Å². The number of carbonyl (C=O) groups is 1. The molecule has 1 unspecified atom stereocenters. The van der Waals surface area contributed by atoms with Gasteiger partial charge in [-0.15, -0.1) is 0 Å². The number of aryl methyl sites for hydroxylation is 1. The van der Waals surface area contributed by atoms with Gasteiger partial charge in [-0.2, -0.15) is 4.98 Å². The van der Waals surface area contributed by atoms with Crippen LogP contribution in [0.5, 0.6) is 0 Å². The van der Waals surface area contributed by atoms with Crippen molar-refractivity contribution in [3.8, 4) is 11.4 Å². The molecule has 0 N–H and O–H groups in total. The Morgan fingerprint density at radius 1 is 1.16 bits per heavy atom. The molecule has 164 valence electrons. The molecular weight excluding hydrogens is 408 g/mol. The fourth-order valence-corrected chi connectivity index (χ4v) is 4.38. The number of fused-ring (bicyclic) bond motifs is 1. The van der Waals surface area contributed by atoms with Crippen LogP contribution in [0.2, 0.25) is 0 Å². The summed E-state index contributed by atoms with van der Waals surface area (Å²) in [6.45, 7) is 3.27. The van der Waals surface area contributed by atoms with Gasteiger partial charge in [0, 0.05) is 25.1 Å². The molecule has 1 aliphatic rings. The maximum Gasteiger partial charge on any atom is 0.420 e. The van der Waals surface area contributed by atoms with Crippen molar-refractivity contribution in [2.24, 2.45) is 5.92 Å². The molecule has 0 spiro atoms. The molecule has 1 aliphatic heterocycles. The third-order valence-corrected chi connectivity index (χ3v) is 6.06. The van der Waals surface area contributed by atoms with Crippen LogP contribution in [0.1, 0.15) is 24.3 Å². The minimum Gasteiger partial charge on any atom is -0.408 e. The first-order valence-electron chi connectivity index (χ1n) is 10.8. The molecule has 4 aromatic rings. The summed E-state index contributed by atoms with van der Waals surface area (Å²) in [4.78, 5) is 31.6. The first-order valence-corrected chi connectivity index (χ1v) is 10.8. The van der Waals surface area contributed by atoms with Gasteiger partial charge in [-0.1, -0.05) is 41.6 Å². The SMILES string of the molecule is Cc1ccccc1-c1noc(CC2CCCN(C(=O)Cn3c(=O)oc4ccccc43)C2)n1. The first kappa shape index (κ1) is 20.2. The number of carbonyl (C=O) groups excluding carboxylic acids is 1. The summed E-state index contributed by atoms with van der Waals surface area (Å²) in [5, 5.41) is 4.14. The van der Waals surface area contributed by atoms with Crippen molar-refractivity contribution < 1.29 is 13.7 Å². The normalized spacial score (nSPS) is 16.5. The molecule has 0 radical (unpaired) electrons. The summed E-state index contributed by atoms with van der Waals surface area (Å²) in [6, 6.07) is 15.1. The van der Waals surface area contributed by atoms with Crippen molar-refractivity contribution >= 4 is 17.0 Å². The average Bonchev–Trinajstić information content (AvgIpc) is 3.38. The van der Waals surface area contributed by atoms with Gasteiger partial charge in [0.05, 0.1) is 5.52 Å². The molecule has 8 heteroatoms. The van der Waals surface area contributed by atoms with Gasteiger partial charge in [-0.05, 0) is 43.4 Å². The number of rotatable bonds is 5. The van der Waals surface area contributed by atoms with Crippen molar-refractivity contribution in [2.45, 2.75) is 32.7 Å². The van der Waals surface area contributed by atoms with Crippen LogP contribution < -0.4 is 5.76 Å². The number of benzene rings is 2. The van der Waals surface area contributed by atoms with E-state index in [9.17, 15) is 9.59 Å². The fraction of sp³-hybridized carbons (Fsp3) is 0.333. The van der Waals surface area contributed by atoms with Gasteiger partial charge >= 0.3 is 5.76 Å². The van der Waals surface area contributed by atoms with E-state index in [4.69, 9.17) is 8.94 Å². The van der Waals surface area contributed by atoms with Gasteiger partial charge in [0.2, 0.25) is 17.6 Å².